The summed E-state index contributed by atoms with van der Waals surface area (Å²) in [4.78, 5) is 13.0. The van der Waals surface area contributed by atoms with Crippen LogP contribution in [-0.2, 0) is 11.2 Å². The average molecular weight is 239 g/mol. The largest absolute Gasteiger partial charge is 0.465 e. The molecule has 0 saturated carbocycles. The van der Waals surface area contributed by atoms with Gasteiger partial charge >= 0.3 is 5.97 Å². The van der Waals surface area contributed by atoms with Gasteiger partial charge in [-0.25, -0.2) is 4.79 Å². The third kappa shape index (κ3) is 1.71. The molecule has 1 heterocycles. The standard InChI is InChI=1S/C12H17NO2S/c1-3-7-5-4-6-8-9(7)10(11(13)16-8)12(14)15-2/h7H,3-6,13H2,1-2H3/t7-/m0/s1. The summed E-state index contributed by atoms with van der Waals surface area (Å²) in [7, 11) is 1.41. The van der Waals surface area contributed by atoms with Crippen molar-refractivity contribution in [2.24, 2.45) is 0 Å². The van der Waals surface area contributed by atoms with Crippen molar-refractivity contribution >= 4 is 22.3 Å². The van der Waals surface area contributed by atoms with Crippen molar-refractivity contribution in [1.29, 1.82) is 0 Å². The fraction of sp³-hybridized carbons (Fsp3) is 0.583. The highest BCUT2D eigenvalue weighted by Crippen LogP contribution is 2.43. The minimum Gasteiger partial charge on any atom is -0.465 e. The SMILES string of the molecule is CC[C@H]1CCCc2sc(N)c(C(=O)OC)c21. The highest BCUT2D eigenvalue weighted by atomic mass is 32.1. The van der Waals surface area contributed by atoms with E-state index in [0.717, 1.165) is 19.3 Å². The Morgan fingerprint density at radius 1 is 1.62 bits per heavy atom. The van der Waals surface area contributed by atoms with Crippen molar-refractivity contribution in [2.45, 2.75) is 38.5 Å². The van der Waals surface area contributed by atoms with Gasteiger partial charge in [-0.05, 0) is 37.2 Å². The first-order chi connectivity index (χ1) is 7.69. The molecule has 16 heavy (non-hydrogen) atoms. The molecule has 3 nitrogen and oxygen atoms in total. The number of methoxy groups -OCH3 is 1. The summed E-state index contributed by atoms with van der Waals surface area (Å²) in [6.45, 7) is 2.16. The van der Waals surface area contributed by atoms with Crippen LogP contribution in [0.1, 0.15) is 52.9 Å². The zero-order chi connectivity index (χ0) is 11.7. The van der Waals surface area contributed by atoms with Gasteiger partial charge < -0.3 is 10.5 Å². The molecule has 0 radical (unpaired) electrons. The summed E-state index contributed by atoms with van der Waals surface area (Å²) in [6, 6.07) is 0. The van der Waals surface area contributed by atoms with Crippen molar-refractivity contribution in [3.8, 4) is 0 Å². The van der Waals surface area contributed by atoms with Gasteiger partial charge in [0.05, 0.1) is 12.7 Å². The van der Waals surface area contributed by atoms with Crippen LogP contribution < -0.4 is 5.73 Å². The van der Waals surface area contributed by atoms with Gasteiger partial charge in [-0.1, -0.05) is 6.92 Å². The number of esters is 1. The van der Waals surface area contributed by atoms with Crippen LogP contribution in [0.2, 0.25) is 0 Å². The molecule has 0 aliphatic heterocycles. The Morgan fingerprint density at radius 2 is 2.38 bits per heavy atom. The van der Waals surface area contributed by atoms with Gasteiger partial charge in [0.1, 0.15) is 5.00 Å². The smallest absolute Gasteiger partial charge is 0.341 e. The maximum atomic E-state index is 11.7. The second-order valence-corrected chi connectivity index (χ2v) is 5.30. The number of carbonyl (C=O) groups excluding carboxylic acids is 1. The van der Waals surface area contributed by atoms with E-state index >= 15 is 0 Å². The molecule has 0 fully saturated rings. The summed E-state index contributed by atoms with van der Waals surface area (Å²) in [5.74, 6) is 0.196. The van der Waals surface area contributed by atoms with Crippen LogP contribution >= 0.6 is 11.3 Å². The number of carbonyl (C=O) groups is 1. The lowest BCUT2D eigenvalue weighted by Crippen LogP contribution is -2.13. The highest BCUT2D eigenvalue weighted by Gasteiger charge is 2.29. The monoisotopic (exact) mass is 239 g/mol. The number of thiophene rings is 1. The maximum absolute atomic E-state index is 11.7. The Morgan fingerprint density at radius 3 is 3.00 bits per heavy atom. The first-order valence-corrected chi connectivity index (χ1v) is 6.50. The predicted molar refractivity (Wildman–Crippen MR) is 66.0 cm³/mol. The van der Waals surface area contributed by atoms with Crippen LogP contribution in [0.3, 0.4) is 0 Å². The van der Waals surface area contributed by atoms with E-state index in [4.69, 9.17) is 10.5 Å². The number of hydrogen-bond donors (Lipinski definition) is 1. The van der Waals surface area contributed by atoms with Crippen molar-refractivity contribution < 1.29 is 9.53 Å². The molecule has 88 valence electrons. The highest BCUT2D eigenvalue weighted by molar-refractivity contribution is 7.16. The third-order valence-electron chi connectivity index (χ3n) is 3.30. The van der Waals surface area contributed by atoms with E-state index in [0.29, 0.717) is 16.5 Å². The van der Waals surface area contributed by atoms with E-state index in [1.807, 2.05) is 0 Å². The van der Waals surface area contributed by atoms with Crippen molar-refractivity contribution in [3.05, 3.63) is 16.0 Å². The molecule has 1 aromatic rings. The normalized spacial score (nSPS) is 19.2. The second kappa shape index (κ2) is 4.45. The van der Waals surface area contributed by atoms with Gasteiger partial charge in [0.25, 0.3) is 0 Å². The summed E-state index contributed by atoms with van der Waals surface area (Å²) in [6.07, 6.45) is 4.47. The van der Waals surface area contributed by atoms with Gasteiger partial charge in [0.2, 0.25) is 0 Å². The Balaban J connectivity index is 2.52. The van der Waals surface area contributed by atoms with Crippen LogP contribution in [0, 0.1) is 0 Å². The average Bonchev–Trinajstić information content (AvgIpc) is 2.63. The number of nitrogen functional groups attached to an aromatic ring is 1. The lowest BCUT2D eigenvalue weighted by atomic mass is 9.83. The molecule has 2 N–H and O–H groups in total. The number of aryl methyl sites for hydroxylation is 1. The first-order valence-electron chi connectivity index (χ1n) is 5.68. The molecule has 1 aliphatic rings. The number of anilines is 1. The minimum atomic E-state index is -0.282. The lowest BCUT2D eigenvalue weighted by Gasteiger charge is -2.22. The zero-order valence-electron chi connectivity index (χ0n) is 9.71. The summed E-state index contributed by atoms with van der Waals surface area (Å²) in [5, 5.41) is 0.622. The van der Waals surface area contributed by atoms with E-state index in [2.05, 4.69) is 6.92 Å². The molecule has 0 amide bonds. The predicted octanol–water partition coefficient (Wildman–Crippen LogP) is 2.95. The molecule has 1 atom stereocenters. The zero-order valence-corrected chi connectivity index (χ0v) is 10.5. The molecule has 0 spiro atoms. The van der Waals surface area contributed by atoms with Gasteiger partial charge in [0.15, 0.2) is 0 Å². The van der Waals surface area contributed by atoms with E-state index in [-0.39, 0.29) is 5.97 Å². The molecule has 0 saturated heterocycles. The van der Waals surface area contributed by atoms with E-state index in [9.17, 15) is 4.79 Å². The maximum Gasteiger partial charge on any atom is 0.341 e. The molecule has 0 unspecified atom stereocenters. The summed E-state index contributed by atoms with van der Waals surface area (Å²) in [5.41, 5.74) is 7.74. The molecule has 2 rings (SSSR count). The number of ether oxygens (including phenoxy) is 1. The van der Waals surface area contributed by atoms with Gasteiger partial charge in [-0.2, -0.15) is 0 Å². The minimum absolute atomic E-state index is 0.282. The molecular weight excluding hydrogens is 222 g/mol. The van der Waals surface area contributed by atoms with Crippen LogP contribution in [0.4, 0.5) is 5.00 Å². The number of hydrogen-bond acceptors (Lipinski definition) is 4. The molecule has 4 heteroatoms. The molecule has 1 aliphatic carbocycles. The summed E-state index contributed by atoms with van der Waals surface area (Å²) >= 11 is 1.56. The van der Waals surface area contributed by atoms with E-state index < -0.39 is 0 Å². The van der Waals surface area contributed by atoms with Crippen molar-refractivity contribution in [1.82, 2.24) is 0 Å². The Hall–Kier alpha value is -1.03. The van der Waals surface area contributed by atoms with Crippen LogP contribution in [0.5, 0.6) is 0 Å². The van der Waals surface area contributed by atoms with Gasteiger partial charge in [-0.15, -0.1) is 11.3 Å². The Bertz CT molecular complexity index is 411. The fourth-order valence-corrected chi connectivity index (χ4v) is 3.69. The number of fused-ring (bicyclic) bond motifs is 1. The van der Waals surface area contributed by atoms with Crippen LogP contribution in [0.15, 0.2) is 0 Å². The number of nitrogens with two attached hydrogens (primary N) is 1. The molecule has 0 bridgehead atoms. The lowest BCUT2D eigenvalue weighted by molar-refractivity contribution is 0.0600. The quantitative estimate of drug-likeness (QED) is 0.807. The van der Waals surface area contributed by atoms with Crippen LogP contribution in [0.25, 0.3) is 0 Å². The number of rotatable bonds is 2. The van der Waals surface area contributed by atoms with Crippen molar-refractivity contribution in [2.75, 3.05) is 12.8 Å². The van der Waals surface area contributed by atoms with Crippen molar-refractivity contribution in [3.63, 3.8) is 0 Å². The molecular formula is C12H17NO2S. The second-order valence-electron chi connectivity index (χ2n) is 4.17. The van der Waals surface area contributed by atoms with E-state index in [1.165, 1.54) is 24.0 Å². The van der Waals surface area contributed by atoms with Crippen LogP contribution in [-0.4, -0.2) is 13.1 Å². The Labute approximate surface area is 99.6 Å². The topological polar surface area (TPSA) is 52.3 Å². The first kappa shape index (κ1) is 11.5. The summed E-state index contributed by atoms with van der Waals surface area (Å²) < 4.78 is 4.82. The van der Waals surface area contributed by atoms with Gasteiger partial charge in [0, 0.05) is 4.88 Å². The van der Waals surface area contributed by atoms with Gasteiger partial charge in [-0.3, -0.25) is 0 Å². The fourth-order valence-electron chi connectivity index (χ4n) is 2.50. The van der Waals surface area contributed by atoms with E-state index in [1.54, 1.807) is 11.3 Å². The molecule has 1 aromatic heterocycles. The Kier molecular flexibility index (Phi) is 3.19. The third-order valence-corrected chi connectivity index (χ3v) is 4.39. The molecule has 0 aromatic carbocycles.